The van der Waals surface area contributed by atoms with Crippen LogP contribution in [-0.2, 0) is 4.79 Å². The Balaban J connectivity index is 2.19. The van der Waals surface area contributed by atoms with Crippen LogP contribution >= 0.6 is 0 Å². The highest BCUT2D eigenvalue weighted by molar-refractivity contribution is 5.90. The summed E-state index contributed by atoms with van der Waals surface area (Å²) in [6.07, 6.45) is 3.32. The van der Waals surface area contributed by atoms with Crippen LogP contribution in [-0.4, -0.2) is 12.8 Å². The molecule has 2 aromatic rings. The first kappa shape index (κ1) is 15.8. The molecule has 1 atom stereocenters. The summed E-state index contributed by atoms with van der Waals surface area (Å²) in [5.74, 6) is 0.486. The van der Waals surface area contributed by atoms with Crippen LogP contribution < -0.4 is 4.90 Å². The number of fused-ring (bicyclic) bond motifs is 3. The van der Waals surface area contributed by atoms with E-state index in [1.165, 1.54) is 22.4 Å². The van der Waals surface area contributed by atoms with E-state index in [1.807, 2.05) is 6.07 Å². The molecular weight excluding hydrogens is 282 g/mol. The largest absolute Gasteiger partial charge is 0.357 e. The van der Waals surface area contributed by atoms with Crippen molar-refractivity contribution in [2.45, 2.75) is 45.6 Å². The van der Waals surface area contributed by atoms with Crippen molar-refractivity contribution in [3.05, 3.63) is 53.6 Å². The Hall–Kier alpha value is -2.09. The summed E-state index contributed by atoms with van der Waals surface area (Å²) in [6, 6.07) is 14.9. The number of hydrogen-bond acceptors (Lipinski definition) is 2. The maximum Gasteiger partial charge on any atom is 0.147 e. The minimum Gasteiger partial charge on any atom is -0.357 e. The molecule has 3 rings (SSSR count). The number of unbranched alkanes of at least 4 members (excludes halogenated alkanes) is 1. The van der Waals surface area contributed by atoms with Gasteiger partial charge in [0.1, 0.15) is 12.3 Å². The molecule has 1 heterocycles. The van der Waals surface area contributed by atoms with Gasteiger partial charge in [-0.3, -0.25) is 0 Å². The van der Waals surface area contributed by atoms with Gasteiger partial charge in [0.25, 0.3) is 0 Å². The van der Waals surface area contributed by atoms with Crippen LogP contribution in [0.4, 0.5) is 5.69 Å². The van der Waals surface area contributed by atoms with E-state index in [0.29, 0.717) is 5.92 Å². The van der Waals surface area contributed by atoms with Crippen LogP contribution in [0.1, 0.15) is 56.7 Å². The number of hydrogen-bond donors (Lipinski definition) is 0. The Labute approximate surface area is 139 Å². The van der Waals surface area contributed by atoms with Gasteiger partial charge in [0, 0.05) is 17.8 Å². The fourth-order valence-electron chi connectivity index (χ4n) is 3.43. The summed E-state index contributed by atoms with van der Waals surface area (Å²) in [4.78, 5) is 14.2. The number of carbonyl (C=O) groups excluding carboxylic acids is 1. The molecule has 0 saturated carbocycles. The van der Waals surface area contributed by atoms with Crippen molar-refractivity contribution in [2.75, 3.05) is 11.4 Å². The molecule has 2 heteroatoms. The zero-order valence-electron chi connectivity index (χ0n) is 14.3. The highest BCUT2D eigenvalue weighted by Crippen LogP contribution is 2.45. The van der Waals surface area contributed by atoms with E-state index < -0.39 is 0 Å². The molecular formula is C21H25NO. The third-order valence-corrected chi connectivity index (χ3v) is 4.78. The molecule has 0 spiro atoms. The first-order valence-corrected chi connectivity index (χ1v) is 8.62. The summed E-state index contributed by atoms with van der Waals surface area (Å²) in [6.45, 7) is 7.54. The second-order valence-electron chi connectivity index (χ2n) is 6.65. The van der Waals surface area contributed by atoms with Crippen LogP contribution in [0.15, 0.2) is 42.5 Å². The Morgan fingerprint density at radius 2 is 1.91 bits per heavy atom. The van der Waals surface area contributed by atoms with E-state index in [0.717, 1.165) is 31.2 Å². The summed E-state index contributed by atoms with van der Waals surface area (Å²) in [5, 5.41) is 0. The third kappa shape index (κ3) is 2.78. The summed E-state index contributed by atoms with van der Waals surface area (Å²) in [5.41, 5.74) is 6.11. The Bertz CT molecular complexity index is 705. The third-order valence-electron chi connectivity index (χ3n) is 4.78. The number of benzene rings is 2. The first-order chi connectivity index (χ1) is 11.2. The zero-order chi connectivity index (χ0) is 16.4. The Morgan fingerprint density at radius 1 is 1.13 bits per heavy atom. The maximum absolute atomic E-state index is 11.9. The number of anilines is 1. The molecule has 23 heavy (non-hydrogen) atoms. The van der Waals surface area contributed by atoms with Gasteiger partial charge in [-0.25, -0.2) is 0 Å². The van der Waals surface area contributed by atoms with Crippen LogP contribution in [0.3, 0.4) is 0 Å². The van der Waals surface area contributed by atoms with Crippen molar-refractivity contribution < 1.29 is 4.79 Å². The van der Waals surface area contributed by atoms with E-state index in [-0.39, 0.29) is 6.04 Å². The SMILES string of the molecule is CCCCN1c2cc(C(C)C)ccc2-c2ccccc2C1C=O. The Kier molecular flexibility index (Phi) is 4.51. The normalized spacial score (nSPS) is 16.2. The summed E-state index contributed by atoms with van der Waals surface area (Å²) in [7, 11) is 0. The lowest BCUT2D eigenvalue weighted by Gasteiger charge is -2.38. The summed E-state index contributed by atoms with van der Waals surface area (Å²) >= 11 is 0. The quantitative estimate of drug-likeness (QED) is 0.695. The van der Waals surface area contributed by atoms with E-state index >= 15 is 0 Å². The van der Waals surface area contributed by atoms with Crippen LogP contribution in [0.5, 0.6) is 0 Å². The van der Waals surface area contributed by atoms with Crippen molar-refractivity contribution in [1.29, 1.82) is 0 Å². The highest BCUT2D eigenvalue weighted by Gasteiger charge is 2.30. The van der Waals surface area contributed by atoms with Gasteiger partial charge < -0.3 is 9.69 Å². The minimum absolute atomic E-state index is 0.173. The molecule has 0 N–H and O–H groups in total. The van der Waals surface area contributed by atoms with E-state index in [4.69, 9.17) is 0 Å². The van der Waals surface area contributed by atoms with Crippen molar-refractivity contribution in [3.63, 3.8) is 0 Å². The molecule has 2 nitrogen and oxygen atoms in total. The number of rotatable bonds is 5. The summed E-state index contributed by atoms with van der Waals surface area (Å²) < 4.78 is 0. The molecule has 0 radical (unpaired) electrons. The van der Waals surface area contributed by atoms with Crippen molar-refractivity contribution in [1.82, 2.24) is 0 Å². The number of carbonyl (C=O) groups is 1. The topological polar surface area (TPSA) is 20.3 Å². The molecule has 0 amide bonds. The number of aldehydes is 1. The fraction of sp³-hybridized carbons (Fsp3) is 0.381. The zero-order valence-corrected chi connectivity index (χ0v) is 14.3. The second-order valence-corrected chi connectivity index (χ2v) is 6.65. The molecule has 0 saturated heterocycles. The van der Waals surface area contributed by atoms with Gasteiger partial charge in [0.2, 0.25) is 0 Å². The molecule has 1 aliphatic rings. The van der Waals surface area contributed by atoms with Crippen LogP contribution in [0, 0.1) is 0 Å². The predicted molar refractivity (Wildman–Crippen MR) is 97.0 cm³/mol. The molecule has 2 aromatic carbocycles. The standard InChI is InChI=1S/C21H25NO/c1-4-5-12-22-20-13-16(15(2)3)10-11-19(20)17-8-6-7-9-18(17)21(22)14-23/h6-11,13-15,21H,4-5,12H2,1-3H3. The highest BCUT2D eigenvalue weighted by atomic mass is 16.1. The average Bonchev–Trinajstić information content (AvgIpc) is 2.58. The molecule has 0 fully saturated rings. The van der Waals surface area contributed by atoms with Crippen molar-refractivity contribution in [2.24, 2.45) is 0 Å². The second kappa shape index (κ2) is 6.57. The van der Waals surface area contributed by atoms with Gasteiger partial charge in [-0.2, -0.15) is 0 Å². The van der Waals surface area contributed by atoms with E-state index in [9.17, 15) is 4.79 Å². The fourth-order valence-corrected chi connectivity index (χ4v) is 3.43. The lowest BCUT2D eigenvalue weighted by Crippen LogP contribution is -2.34. The monoisotopic (exact) mass is 307 g/mol. The minimum atomic E-state index is -0.173. The van der Waals surface area contributed by atoms with Crippen LogP contribution in [0.25, 0.3) is 11.1 Å². The molecule has 1 aliphatic heterocycles. The molecule has 1 unspecified atom stereocenters. The van der Waals surface area contributed by atoms with E-state index in [2.05, 4.69) is 62.1 Å². The van der Waals surface area contributed by atoms with Gasteiger partial charge in [-0.1, -0.05) is 63.6 Å². The van der Waals surface area contributed by atoms with Gasteiger partial charge >= 0.3 is 0 Å². The molecule has 120 valence electrons. The molecule has 0 bridgehead atoms. The lowest BCUT2D eigenvalue weighted by molar-refractivity contribution is -0.109. The first-order valence-electron chi connectivity index (χ1n) is 8.62. The maximum atomic E-state index is 11.9. The van der Waals surface area contributed by atoms with Gasteiger partial charge in [-0.15, -0.1) is 0 Å². The number of nitrogens with zero attached hydrogens (tertiary/aromatic N) is 1. The lowest BCUT2D eigenvalue weighted by atomic mass is 9.86. The van der Waals surface area contributed by atoms with Crippen molar-refractivity contribution in [3.8, 4) is 11.1 Å². The van der Waals surface area contributed by atoms with Gasteiger partial charge in [-0.05, 0) is 35.1 Å². The van der Waals surface area contributed by atoms with Crippen molar-refractivity contribution >= 4 is 12.0 Å². The van der Waals surface area contributed by atoms with Gasteiger partial charge in [0.15, 0.2) is 0 Å². The Morgan fingerprint density at radius 3 is 2.61 bits per heavy atom. The van der Waals surface area contributed by atoms with E-state index in [1.54, 1.807) is 0 Å². The predicted octanol–water partition coefficient (Wildman–Crippen LogP) is 5.34. The molecule has 0 aromatic heterocycles. The van der Waals surface area contributed by atoms with Gasteiger partial charge in [0.05, 0.1) is 0 Å². The molecule has 0 aliphatic carbocycles. The smallest absolute Gasteiger partial charge is 0.147 e. The average molecular weight is 307 g/mol. The van der Waals surface area contributed by atoms with Crippen LogP contribution in [0.2, 0.25) is 0 Å².